The summed E-state index contributed by atoms with van der Waals surface area (Å²) in [5.41, 5.74) is 5.04. The number of hydrogen-bond acceptors (Lipinski definition) is 4. The molecule has 0 radical (unpaired) electrons. The number of carbonyl (C=O) groups excluding carboxylic acids is 1. The van der Waals surface area contributed by atoms with Crippen LogP contribution in [0.5, 0.6) is 0 Å². The molecule has 1 aliphatic heterocycles. The molecule has 2 aliphatic rings. The van der Waals surface area contributed by atoms with Gasteiger partial charge in [-0.05, 0) is 31.4 Å². The molecule has 1 amide bonds. The van der Waals surface area contributed by atoms with E-state index in [2.05, 4.69) is 10.5 Å². The van der Waals surface area contributed by atoms with E-state index in [1.807, 2.05) is 11.8 Å². The first-order valence-electron chi connectivity index (χ1n) is 7.57. The van der Waals surface area contributed by atoms with Crippen LogP contribution in [0.25, 0.3) is 0 Å². The van der Waals surface area contributed by atoms with Gasteiger partial charge in [0.1, 0.15) is 5.41 Å². The predicted octanol–water partition coefficient (Wildman–Crippen LogP) is 2.09. The Morgan fingerprint density at radius 2 is 2.05 bits per heavy atom. The van der Waals surface area contributed by atoms with Crippen molar-refractivity contribution in [2.45, 2.75) is 56.6 Å². The molecule has 1 saturated heterocycles. The number of nitrogens with two attached hydrogens (primary N) is 1. The van der Waals surface area contributed by atoms with E-state index < -0.39 is 5.41 Å². The van der Waals surface area contributed by atoms with Crippen LogP contribution in [0.3, 0.4) is 0 Å². The Kier molecular flexibility index (Phi) is 5.57. The zero-order valence-corrected chi connectivity index (χ0v) is 12.8. The summed E-state index contributed by atoms with van der Waals surface area (Å²) in [6, 6.07) is 0. The lowest BCUT2D eigenvalue weighted by Crippen LogP contribution is -2.52. The van der Waals surface area contributed by atoms with Crippen LogP contribution in [0.15, 0.2) is 5.16 Å². The monoisotopic (exact) mass is 299 g/mol. The number of rotatable bonds is 4. The van der Waals surface area contributed by atoms with E-state index in [0.29, 0.717) is 24.6 Å². The topological polar surface area (TPSA) is 87.7 Å². The standard InChI is InChI=1S/C14H25N3O2S/c15-12(17-19)14(7-3-1-4-8-14)13(18)16-10-11-6-2-5-9-20-11/h11,19H,1-10H2,(H2,15,17)(H,16,18). The molecule has 0 aromatic heterocycles. The third-order valence-corrected chi connectivity index (χ3v) is 5.90. The average Bonchev–Trinajstić information content (AvgIpc) is 2.53. The van der Waals surface area contributed by atoms with E-state index >= 15 is 0 Å². The molecule has 1 unspecified atom stereocenters. The van der Waals surface area contributed by atoms with Crippen LogP contribution in [0.2, 0.25) is 0 Å². The number of carbonyl (C=O) groups is 1. The summed E-state index contributed by atoms with van der Waals surface area (Å²) < 4.78 is 0. The van der Waals surface area contributed by atoms with E-state index in [9.17, 15) is 4.79 Å². The van der Waals surface area contributed by atoms with Gasteiger partial charge < -0.3 is 16.3 Å². The van der Waals surface area contributed by atoms with Gasteiger partial charge in [-0.3, -0.25) is 4.79 Å². The molecule has 1 heterocycles. The van der Waals surface area contributed by atoms with Crippen LogP contribution >= 0.6 is 11.8 Å². The summed E-state index contributed by atoms with van der Waals surface area (Å²) in [6.45, 7) is 0.698. The van der Waals surface area contributed by atoms with Gasteiger partial charge in [0.2, 0.25) is 5.91 Å². The minimum absolute atomic E-state index is 0.0568. The van der Waals surface area contributed by atoms with Crippen molar-refractivity contribution in [3.8, 4) is 0 Å². The maximum atomic E-state index is 12.6. The molecular weight excluding hydrogens is 274 g/mol. The van der Waals surface area contributed by atoms with Crippen LogP contribution < -0.4 is 11.1 Å². The summed E-state index contributed by atoms with van der Waals surface area (Å²) in [5, 5.41) is 15.7. The number of oxime groups is 1. The van der Waals surface area contributed by atoms with Crippen molar-refractivity contribution < 1.29 is 10.0 Å². The molecule has 0 aromatic rings. The number of nitrogens with zero attached hydrogens (tertiary/aromatic N) is 1. The predicted molar refractivity (Wildman–Crippen MR) is 82.0 cm³/mol. The van der Waals surface area contributed by atoms with E-state index in [1.165, 1.54) is 25.0 Å². The van der Waals surface area contributed by atoms with Crippen molar-refractivity contribution in [1.29, 1.82) is 0 Å². The molecule has 5 nitrogen and oxygen atoms in total. The molecule has 114 valence electrons. The smallest absolute Gasteiger partial charge is 0.233 e. The fourth-order valence-electron chi connectivity index (χ4n) is 3.19. The summed E-state index contributed by atoms with van der Waals surface area (Å²) in [5.74, 6) is 1.20. The van der Waals surface area contributed by atoms with Gasteiger partial charge in [-0.1, -0.05) is 30.8 Å². The number of amidine groups is 1. The van der Waals surface area contributed by atoms with Crippen molar-refractivity contribution >= 4 is 23.5 Å². The first kappa shape index (κ1) is 15.5. The molecular formula is C14H25N3O2S. The summed E-state index contributed by atoms with van der Waals surface area (Å²) in [7, 11) is 0. The fourth-order valence-corrected chi connectivity index (χ4v) is 4.43. The molecule has 6 heteroatoms. The lowest BCUT2D eigenvalue weighted by Gasteiger charge is -2.35. The molecule has 4 N–H and O–H groups in total. The number of hydrogen-bond donors (Lipinski definition) is 3. The van der Waals surface area contributed by atoms with Crippen molar-refractivity contribution in [1.82, 2.24) is 5.32 Å². The van der Waals surface area contributed by atoms with Crippen LogP contribution in [0.4, 0.5) is 0 Å². The number of amides is 1. The first-order valence-corrected chi connectivity index (χ1v) is 8.62. The second-order valence-electron chi connectivity index (χ2n) is 5.83. The Morgan fingerprint density at radius 1 is 1.30 bits per heavy atom. The van der Waals surface area contributed by atoms with Crippen molar-refractivity contribution in [2.75, 3.05) is 12.3 Å². The van der Waals surface area contributed by atoms with Crippen LogP contribution in [0.1, 0.15) is 51.4 Å². The van der Waals surface area contributed by atoms with Gasteiger partial charge in [-0.2, -0.15) is 11.8 Å². The highest BCUT2D eigenvalue weighted by atomic mass is 32.2. The average molecular weight is 299 g/mol. The maximum absolute atomic E-state index is 12.6. The molecule has 20 heavy (non-hydrogen) atoms. The molecule has 2 rings (SSSR count). The zero-order chi connectivity index (χ0) is 14.4. The largest absolute Gasteiger partial charge is 0.409 e. The Morgan fingerprint density at radius 3 is 2.65 bits per heavy atom. The lowest BCUT2D eigenvalue weighted by atomic mass is 9.72. The Labute approximate surface area is 124 Å². The minimum Gasteiger partial charge on any atom is -0.409 e. The minimum atomic E-state index is -0.785. The molecule has 0 aromatic carbocycles. The molecule has 1 atom stereocenters. The summed E-state index contributed by atoms with van der Waals surface area (Å²) in [6.07, 6.45) is 8.11. The number of thioether (sulfide) groups is 1. The van der Waals surface area contributed by atoms with Crippen LogP contribution in [-0.4, -0.2) is 34.5 Å². The lowest BCUT2D eigenvalue weighted by molar-refractivity contribution is -0.129. The Balaban J connectivity index is 1.96. The Hall–Kier alpha value is -0.910. The van der Waals surface area contributed by atoms with Gasteiger partial charge >= 0.3 is 0 Å². The normalized spacial score (nSPS) is 27.0. The highest BCUT2D eigenvalue weighted by Crippen LogP contribution is 2.37. The molecule has 2 fully saturated rings. The van der Waals surface area contributed by atoms with E-state index in [-0.39, 0.29) is 11.7 Å². The maximum Gasteiger partial charge on any atom is 0.233 e. The second-order valence-corrected chi connectivity index (χ2v) is 7.23. The van der Waals surface area contributed by atoms with E-state index in [4.69, 9.17) is 10.9 Å². The molecule has 1 aliphatic carbocycles. The third kappa shape index (κ3) is 3.40. The van der Waals surface area contributed by atoms with Crippen molar-refractivity contribution in [3.05, 3.63) is 0 Å². The van der Waals surface area contributed by atoms with Crippen LogP contribution in [0, 0.1) is 5.41 Å². The van der Waals surface area contributed by atoms with Crippen molar-refractivity contribution in [3.63, 3.8) is 0 Å². The first-order chi connectivity index (χ1) is 9.69. The van der Waals surface area contributed by atoms with Gasteiger partial charge in [0, 0.05) is 11.8 Å². The van der Waals surface area contributed by atoms with Crippen LogP contribution in [-0.2, 0) is 4.79 Å². The molecule has 0 bridgehead atoms. The van der Waals surface area contributed by atoms with E-state index in [0.717, 1.165) is 19.3 Å². The highest BCUT2D eigenvalue weighted by Gasteiger charge is 2.43. The van der Waals surface area contributed by atoms with Gasteiger partial charge in [0.05, 0.1) is 0 Å². The fraction of sp³-hybridized carbons (Fsp3) is 0.857. The van der Waals surface area contributed by atoms with Gasteiger partial charge in [0.25, 0.3) is 0 Å². The second kappa shape index (κ2) is 7.20. The zero-order valence-electron chi connectivity index (χ0n) is 11.9. The quantitative estimate of drug-likeness (QED) is 0.321. The van der Waals surface area contributed by atoms with Gasteiger partial charge in [-0.15, -0.1) is 0 Å². The molecule has 0 spiro atoms. The third-order valence-electron chi connectivity index (χ3n) is 4.50. The molecule has 1 saturated carbocycles. The SMILES string of the molecule is NC(=NO)C1(C(=O)NCC2CCCCS2)CCCCC1. The summed E-state index contributed by atoms with van der Waals surface area (Å²) in [4.78, 5) is 12.6. The van der Waals surface area contributed by atoms with Crippen molar-refractivity contribution in [2.24, 2.45) is 16.3 Å². The summed E-state index contributed by atoms with van der Waals surface area (Å²) >= 11 is 1.94. The number of nitrogens with one attached hydrogen (secondary N) is 1. The van der Waals surface area contributed by atoms with Gasteiger partial charge in [0.15, 0.2) is 5.84 Å². The van der Waals surface area contributed by atoms with E-state index in [1.54, 1.807) is 0 Å². The van der Waals surface area contributed by atoms with Gasteiger partial charge in [-0.25, -0.2) is 0 Å². The highest BCUT2D eigenvalue weighted by molar-refractivity contribution is 7.99. The Bertz CT molecular complexity index is 361.